The number of hydrogen-bond donors (Lipinski definition) is 0. The second-order valence-corrected chi connectivity index (χ2v) is 3.64. The number of carbonyl (C=O) groups excluding carboxylic acids is 2. The molecule has 0 aliphatic rings. The molecule has 0 aromatic heterocycles. The number of halogens is 4. The van der Waals surface area contributed by atoms with Crippen molar-refractivity contribution in [1.82, 2.24) is 0 Å². The highest BCUT2D eigenvalue weighted by atomic mass is 35.5. The van der Waals surface area contributed by atoms with Crippen LogP contribution in [-0.2, 0) is 9.53 Å². The molecule has 98 valence electrons. The molecule has 0 fully saturated rings. The number of ether oxygens (including phenoxy) is 1. The number of Topliss-reactive ketones (excluding diaryl/α,β-unsaturated/α-hetero) is 1. The zero-order chi connectivity index (χ0) is 13.9. The first-order valence-corrected chi connectivity index (χ1v) is 5.25. The highest BCUT2D eigenvalue weighted by Gasteiger charge is 2.29. The van der Waals surface area contributed by atoms with E-state index in [9.17, 15) is 22.8 Å². The minimum Gasteiger partial charge on any atom is -0.463 e. The smallest absolute Gasteiger partial charge is 0.348 e. The molecule has 1 aromatic rings. The Morgan fingerprint density at radius 1 is 1.39 bits per heavy atom. The first-order chi connectivity index (χ1) is 8.38. The molecule has 0 spiro atoms. The van der Waals surface area contributed by atoms with Crippen LogP contribution in [0.3, 0.4) is 0 Å². The van der Waals surface area contributed by atoms with E-state index in [2.05, 4.69) is 4.74 Å². The van der Waals surface area contributed by atoms with E-state index in [1.807, 2.05) is 0 Å². The lowest BCUT2D eigenvalue weighted by Gasteiger charge is -2.07. The minimum absolute atomic E-state index is 0.106. The lowest BCUT2D eigenvalue weighted by molar-refractivity contribution is -0.147. The van der Waals surface area contributed by atoms with Crippen LogP contribution in [0.15, 0.2) is 12.1 Å². The van der Waals surface area contributed by atoms with Crippen molar-refractivity contribution in [2.75, 3.05) is 6.61 Å². The van der Waals surface area contributed by atoms with E-state index in [1.54, 1.807) is 0 Å². The van der Waals surface area contributed by atoms with Crippen molar-refractivity contribution in [3.63, 3.8) is 0 Å². The molecule has 0 heterocycles. The highest BCUT2D eigenvalue weighted by molar-refractivity contribution is 6.31. The molecule has 1 rings (SSSR count). The molecule has 1 atom stereocenters. The summed E-state index contributed by atoms with van der Waals surface area (Å²) in [7, 11) is 0. The summed E-state index contributed by atoms with van der Waals surface area (Å²) in [6.07, 6.45) is -2.59. The van der Waals surface area contributed by atoms with Crippen LogP contribution < -0.4 is 0 Å². The van der Waals surface area contributed by atoms with Gasteiger partial charge in [-0.3, -0.25) is 4.79 Å². The Hall–Kier alpha value is -1.56. The van der Waals surface area contributed by atoms with E-state index in [0.717, 1.165) is 6.07 Å². The van der Waals surface area contributed by atoms with Crippen molar-refractivity contribution in [3.8, 4) is 0 Å². The molecule has 0 radical (unpaired) electrons. The largest absolute Gasteiger partial charge is 0.463 e. The maximum absolute atomic E-state index is 13.3. The van der Waals surface area contributed by atoms with E-state index in [4.69, 9.17) is 11.6 Å². The zero-order valence-corrected chi connectivity index (χ0v) is 9.93. The van der Waals surface area contributed by atoms with Gasteiger partial charge in [0.15, 0.2) is 11.6 Å². The first kappa shape index (κ1) is 14.5. The Bertz CT molecular complexity index is 467. The van der Waals surface area contributed by atoms with Crippen LogP contribution in [-0.4, -0.2) is 24.5 Å². The standard InChI is InChI=1S/C11H8ClF3O3/c1-2-18-11(17)9(15)10(16)5-3-6(12)8(14)7(13)4-5/h3-4,9H,2H2,1H3. The van der Waals surface area contributed by atoms with Gasteiger partial charge in [-0.05, 0) is 19.1 Å². The lowest BCUT2D eigenvalue weighted by atomic mass is 10.1. The molecule has 7 heteroatoms. The average molecular weight is 281 g/mol. The maximum Gasteiger partial charge on any atom is 0.348 e. The highest BCUT2D eigenvalue weighted by Crippen LogP contribution is 2.21. The molecule has 1 unspecified atom stereocenters. The Balaban J connectivity index is 3.01. The van der Waals surface area contributed by atoms with Crippen LogP contribution in [0.2, 0.25) is 5.02 Å². The predicted octanol–water partition coefficient (Wildman–Crippen LogP) is 2.70. The van der Waals surface area contributed by atoms with E-state index >= 15 is 0 Å². The molecule has 0 amide bonds. The van der Waals surface area contributed by atoms with Gasteiger partial charge in [0.1, 0.15) is 0 Å². The lowest BCUT2D eigenvalue weighted by Crippen LogP contribution is -2.28. The molecule has 0 aliphatic heterocycles. The fraction of sp³-hybridized carbons (Fsp3) is 0.273. The molecule has 18 heavy (non-hydrogen) atoms. The topological polar surface area (TPSA) is 43.4 Å². The van der Waals surface area contributed by atoms with Crippen LogP contribution in [0.5, 0.6) is 0 Å². The molecular weight excluding hydrogens is 273 g/mol. The van der Waals surface area contributed by atoms with Crippen molar-refractivity contribution in [1.29, 1.82) is 0 Å². The van der Waals surface area contributed by atoms with Crippen LogP contribution in [0.4, 0.5) is 13.2 Å². The van der Waals surface area contributed by atoms with Gasteiger partial charge in [0.25, 0.3) is 6.17 Å². The first-order valence-electron chi connectivity index (χ1n) is 4.88. The summed E-state index contributed by atoms with van der Waals surface area (Å²) in [5.74, 6) is -5.47. The number of hydrogen-bond acceptors (Lipinski definition) is 3. The third-order valence-electron chi connectivity index (χ3n) is 1.99. The monoisotopic (exact) mass is 280 g/mol. The maximum atomic E-state index is 13.3. The molecule has 0 aliphatic carbocycles. The Morgan fingerprint density at radius 3 is 2.50 bits per heavy atom. The number of carbonyl (C=O) groups is 2. The van der Waals surface area contributed by atoms with Crippen molar-refractivity contribution >= 4 is 23.4 Å². The number of ketones is 1. The fourth-order valence-corrected chi connectivity index (χ4v) is 1.37. The second kappa shape index (κ2) is 5.86. The predicted molar refractivity (Wildman–Crippen MR) is 57.2 cm³/mol. The van der Waals surface area contributed by atoms with Gasteiger partial charge in [-0.2, -0.15) is 0 Å². The van der Waals surface area contributed by atoms with Gasteiger partial charge in [0.05, 0.1) is 11.6 Å². The molecule has 0 N–H and O–H groups in total. The Labute approximate surface area is 105 Å². The third kappa shape index (κ3) is 3.01. The molecule has 0 saturated heterocycles. The summed E-state index contributed by atoms with van der Waals surface area (Å²) in [6, 6.07) is 1.21. The van der Waals surface area contributed by atoms with Gasteiger partial charge in [-0.25, -0.2) is 18.0 Å². The summed E-state index contributed by atoms with van der Waals surface area (Å²) < 4.78 is 43.5. The number of rotatable bonds is 4. The summed E-state index contributed by atoms with van der Waals surface area (Å²) in [4.78, 5) is 22.4. The zero-order valence-electron chi connectivity index (χ0n) is 9.18. The van der Waals surface area contributed by atoms with Crippen LogP contribution >= 0.6 is 11.6 Å². The van der Waals surface area contributed by atoms with Gasteiger partial charge in [0.2, 0.25) is 5.78 Å². The summed E-state index contributed by atoms with van der Waals surface area (Å²) in [5.41, 5.74) is -0.542. The quantitative estimate of drug-likeness (QED) is 0.369. The van der Waals surface area contributed by atoms with E-state index in [-0.39, 0.29) is 6.61 Å². The van der Waals surface area contributed by atoms with Gasteiger partial charge in [-0.1, -0.05) is 11.6 Å². The summed E-state index contributed by atoms with van der Waals surface area (Å²) in [5, 5.41) is -0.672. The van der Waals surface area contributed by atoms with E-state index in [0.29, 0.717) is 6.07 Å². The third-order valence-corrected chi connectivity index (χ3v) is 2.27. The van der Waals surface area contributed by atoms with Gasteiger partial charge >= 0.3 is 5.97 Å². The summed E-state index contributed by atoms with van der Waals surface area (Å²) in [6.45, 7) is 1.33. The number of alkyl halides is 1. The Morgan fingerprint density at radius 2 is 2.00 bits per heavy atom. The molecule has 1 aromatic carbocycles. The SMILES string of the molecule is CCOC(=O)C(F)C(=O)c1cc(F)c(F)c(Cl)c1. The Kier molecular flexibility index (Phi) is 4.72. The normalized spacial score (nSPS) is 12.1. The van der Waals surface area contributed by atoms with E-state index < -0.39 is 40.1 Å². The van der Waals surface area contributed by atoms with Gasteiger partial charge in [-0.15, -0.1) is 0 Å². The molecule has 3 nitrogen and oxygen atoms in total. The van der Waals surface area contributed by atoms with E-state index in [1.165, 1.54) is 6.92 Å². The van der Waals surface area contributed by atoms with Gasteiger partial charge < -0.3 is 4.74 Å². The number of benzene rings is 1. The molecule has 0 saturated carbocycles. The van der Waals surface area contributed by atoms with Crippen molar-refractivity contribution in [2.24, 2.45) is 0 Å². The molecular formula is C11H8ClF3O3. The summed E-state index contributed by atoms with van der Waals surface area (Å²) >= 11 is 5.30. The van der Waals surface area contributed by atoms with Crippen molar-refractivity contribution in [3.05, 3.63) is 34.4 Å². The van der Waals surface area contributed by atoms with Crippen molar-refractivity contribution in [2.45, 2.75) is 13.1 Å². The van der Waals surface area contributed by atoms with Crippen molar-refractivity contribution < 1.29 is 27.5 Å². The van der Waals surface area contributed by atoms with Crippen LogP contribution in [0, 0.1) is 11.6 Å². The average Bonchev–Trinajstić information content (AvgIpc) is 2.33. The van der Waals surface area contributed by atoms with Crippen LogP contribution in [0.1, 0.15) is 17.3 Å². The second-order valence-electron chi connectivity index (χ2n) is 3.23. The van der Waals surface area contributed by atoms with Gasteiger partial charge in [0, 0.05) is 5.56 Å². The van der Waals surface area contributed by atoms with Crippen LogP contribution in [0.25, 0.3) is 0 Å². The molecule has 0 bridgehead atoms. The fourth-order valence-electron chi connectivity index (χ4n) is 1.17. The number of esters is 1. The minimum atomic E-state index is -2.59.